The Morgan fingerprint density at radius 1 is 1.39 bits per heavy atom. The van der Waals surface area contributed by atoms with Gasteiger partial charge in [0.25, 0.3) is 5.69 Å². The van der Waals surface area contributed by atoms with E-state index in [9.17, 15) is 19.7 Å². The number of carbonyl (C=O) groups excluding carboxylic acids is 1. The average molecular weight is 272 g/mol. The van der Waals surface area contributed by atoms with E-state index in [0.29, 0.717) is 5.56 Å². The molecule has 0 atom stereocenters. The Bertz CT molecular complexity index is 508. The van der Waals surface area contributed by atoms with Crippen LogP contribution in [0, 0.1) is 10.1 Å². The van der Waals surface area contributed by atoms with Gasteiger partial charge in [-0.3, -0.25) is 14.9 Å². The molecule has 96 valence electrons. The second-order valence-corrected chi connectivity index (χ2v) is 3.27. The summed E-state index contributed by atoms with van der Waals surface area (Å²) < 4.78 is 0. The van der Waals surface area contributed by atoms with Gasteiger partial charge in [0.15, 0.2) is 5.78 Å². The third kappa shape index (κ3) is 3.99. The first kappa shape index (κ1) is 15.8. The van der Waals surface area contributed by atoms with Gasteiger partial charge in [-0.15, -0.1) is 12.4 Å². The smallest absolute Gasteiger partial charge is 0.339 e. The van der Waals surface area contributed by atoms with Crippen LogP contribution in [0.1, 0.15) is 12.5 Å². The van der Waals surface area contributed by atoms with Crippen LogP contribution >= 0.6 is 12.4 Å². The van der Waals surface area contributed by atoms with Crippen molar-refractivity contribution < 1.29 is 19.6 Å². The van der Waals surface area contributed by atoms with Crippen molar-refractivity contribution in [2.45, 2.75) is 6.92 Å². The predicted molar refractivity (Wildman–Crippen MR) is 66.6 cm³/mol. The molecule has 0 radical (unpaired) electrons. The zero-order chi connectivity index (χ0) is 13.0. The van der Waals surface area contributed by atoms with Crippen molar-refractivity contribution in [1.82, 2.24) is 0 Å². The second-order valence-electron chi connectivity index (χ2n) is 3.27. The molecule has 1 rings (SSSR count). The summed E-state index contributed by atoms with van der Waals surface area (Å²) in [4.78, 5) is 31.7. The molecule has 1 aromatic carbocycles. The fourth-order valence-corrected chi connectivity index (χ4v) is 1.21. The summed E-state index contributed by atoms with van der Waals surface area (Å²) in [7, 11) is 0. The maximum atomic E-state index is 11.0. The second kappa shape index (κ2) is 6.51. The Kier molecular flexibility index (Phi) is 5.71. The van der Waals surface area contributed by atoms with E-state index in [1.807, 2.05) is 0 Å². The van der Waals surface area contributed by atoms with Gasteiger partial charge in [-0.2, -0.15) is 0 Å². The van der Waals surface area contributed by atoms with Crippen LogP contribution in [0.25, 0.3) is 6.08 Å². The van der Waals surface area contributed by atoms with Gasteiger partial charge in [-0.25, -0.2) is 4.79 Å². The summed E-state index contributed by atoms with van der Waals surface area (Å²) in [6.07, 6.45) is 1.11. The van der Waals surface area contributed by atoms with E-state index in [2.05, 4.69) is 0 Å². The highest BCUT2D eigenvalue weighted by atomic mass is 35.5. The Labute approximate surface area is 108 Å². The number of rotatable bonds is 4. The third-order valence-corrected chi connectivity index (χ3v) is 2.00. The normalized spacial score (nSPS) is 10.4. The van der Waals surface area contributed by atoms with E-state index in [1.165, 1.54) is 24.3 Å². The number of hydrogen-bond donors (Lipinski definition) is 1. The van der Waals surface area contributed by atoms with E-state index in [0.717, 1.165) is 13.0 Å². The molecule has 6 nitrogen and oxygen atoms in total. The van der Waals surface area contributed by atoms with E-state index in [-0.39, 0.29) is 18.1 Å². The Balaban J connectivity index is 0.00000289. The summed E-state index contributed by atoms with van der Waals surface area (Å²) >= 11 is 0. The molecule has 1 aromatic rings. The number of Topliss-reactive ketones (excluding diaryl/α,β-unsaturated/α-hetero) is 1. The van der Waals surface area contributed by atoms with Crippen molar-refractivity contribution >= 4 is 35.9 Å². The number of ketones is 1. The number of benzene rings is 1. The van der Waals surface area contributed by atoms with Crippen LogP contribution in [0.3, 0.4) is 0 Å². The van der Waals surface area contributed by atoms with Crippen LogP contribution in [-0.4, -0.2) is 21.8 Å². The van der Waals surface area contributed by atoms with Crippen LogP contribution in [0.4, 0.5) is 5.69 Å². The lowest BCUT2D eigenvalue weighted by atomic mass is 10.1. The number of carboxylic acids is 1. The van der Waals surface area contributed by atoms with Crippen LogP contribution in [0.15, 0.2) is 29.8 Å². The van der Waals surface area contributed by atoms with Gasteiger partial charge < -0.3 is 5.11 Å². The fraction of sp³-hybridized carbons (Fsp3) is 0.0909. The monoisotopic (exact) mass is 271 g/mol. The number of carbonyl (C=O) groups is 2. The van der Waals surface area contributed by atoms with Crippen molar-refractivity contribution in [2.24, 2.45) is 0 Å². The van der Waals surface area contributed by atoms with Crippen LogP contribution in [0.5, 0.6) is 0 Å². The van der Waals surface area contributed by atoms with Gasteiger partial charge in [0.1, 0.15) is 5.57 Å². The van der Waals surface area contributed by atoms with E-state index in [1.54, 1.807) is 0 Å². The lowest BCUT2D eigenvalue weighted by Gasteiger charge is -1.98. The minimum atomic E-state index is -1.36. The van der Waals surface area contributed by atoms with Gasteiger partial charge in [0.05, 0.1) is 4.92 Å². The number of nitro groups is 1. The topological polar surface area (TPSA) is 97.5 Å². The molecule has 0 aliphatic carbocycles. The molecule has 0 heterocycles. The van der Waals surface area contributed by atoms with E-state index < -0.39 is 22.2 Å². The van der Waals surface area contributed by atoms with Gasteiger partial charge >= 0.3 is 5.97 Å². The van der Waals surface area contributed by atoms with E-state index >= 15 is 0 Å². The Hall–Kier alpha value is -2.21. The molecule has 0 saturated carbocycles. The fourth-order valence-electron chi connectivity index (χ4n) is 1.21. The van der Waals surface area contributed by atoms with Gasteiger partial charge in [0, 0.05) is 12.1 Å². The number of aliphatic carboxylic acids is 1. The van der Waals surface area contributed by atoms with Crippen LogP contribution in [-0.2, 0) is 9.59 Å². The molecule has 7 heteroatoms. The van der Waals surface area contributed by atoms with Crippen molar-refractivity contribution in [3.63, 3.8) is 0 Å². The molecular formula is C11H10ClNO5. The zero-order valence-electron chi connectivity index (χ0n) is 9.32. The molecule has 0 aliphatic rings. The maximum Gasteiger partial charge on any atom is 0.339 e. The molecule has 0 aromatic heterocycles. The lowest BCUT2D eigenvalue weighted by Crippen LogP contribution is -2.08. The minimum Gasteiger partial charge on any atom is -0.478 e. The number of nitrogens with zero attached hydrogens (tertiary/aromatic N) is 1. The largest absolute Gasteiger partial charge is 0.478 e. The van der Waals surface area contributed by atoms with Gasteiger partial charge in [-0.05, 0) is 18.6 Å². The number of halogens is 1. The SMILES string of the molecule is CC(=O)C(=Cc1cccc([N+](=O)[O-])c1)C(=O)O.Cl. The molecule has 0 spiro atoms. The summed E-state index contributed by atoms with van der Waals surface area (Å²) in [5.41, 5.74) is -0.274. The summed E-state index contributed by atoms with van der Waals surface area (Å²) in [5, 5.41) is 19.3. The molecule has 0 bridgehead atoms. The summed E-state index contributed by atoms with van der Waals surface area (Å²) in [5.74, 6) is -1.96. The Morgan fingerprint density at radius 2 is 2.00 bits per heavy atom. The van der Waals surface area contributed by atoms with Crippen LogP contribution < -0.4 is 0 Å². The lowest BCUT2D eigenvalue weighted by molar-refractivity contribution is -0.384. The van der Waals surface area contributed by atoms with Crippen molar-refractivity contribution in [1.29, 1.82) is 0 Å². The van der Waals surface area contributed by atoms with Crippen molar-refractivity contribution in [2.75, 3.05) is 0 Å². The molecule has 1 N–H and O–H groups in total. The average Bonchev–Trinajstić information content (AvgIpc) is 2.25. The zero-order valence-corrected chi connectivity index (χ0v) is 10.1. The Morgan fingerprint density at radius 3 is 2.44 bits per heavy atom. The molecule has 0 amide bonds. The highest BCUT2D eigenvalue weighted by Gasteiger charge is 2.13. The first-order valence-corrected chi connectivity index (χ1v) is 4.62. The van der Waals surface area contributed by atoms with Gasteiger partial charge in [0.2, 0.25) is 0 Å². The maximum absolute atomic E-state index is 11.0. The quantitative estimate of drug-likeness (QED) is 0.297. The number of hydrogen-bond acceptors (Lipinski definition) is 4. The number of non-ortho nitro benzene ring substituents is 1. The molecular weight excluding hydrogens is 262 g/mol. The molecule has 18 heavy (non-hydrogen) atoms. The molecule has 0 unspecified atom stereocenters. The van der Waals surface area contributed by atoms with Crippen molar-refractivity contribution in [3.05, 3.63) is 45.5 Å². The minimum absolute atomic E-state index is 0. The molecule has 0 fully saturated rings. The third-order valence-electron chi connectivity index (χ3n) is 2.00. The number of carboxylic acid groups (broad SMARTS) is 1. The summed E-state index contributed by atoms with van der Waals surface area (Å²) in [6.45, 7) is 1.12. The highest BCUT2D eigenvalue weighted by Crippen LogP contribution is 2.16. The highest BCUT2D eigenvalue weighted by molar-refractivity contribution is 6.19. The molecule has 0 aliphatic heterocycles. The number of nitro benzene ring substituents is 1. The predicted octanol–water partition coefficient (Wildman–Crippen LogP) is 2.07. The first-order valence-electron chi connectivity index (χ1n) is 4.62. The molecule has 0 saturated heterocycles. The van der Waals surface area contributed by atoms with Crippen molar-refractivity contribution in [3.8, 4) is 0 Å². The first-order chi connectivity index (χ1) is 7.91. The van der Waals surface area contributed by atoms with E-state index in [4.69, 9.17) is 5.11 Å². The standard InChI is InChI=1S/C11H9NO5.ClH/c1-7(13)10(11(14)15)6-8-3-2-4-9(5-8)12(16)17;/h2-6H,1H3,(H,14,15);1H. The van der Waals surface area contributed by atoms with Gasteiger partial charge in [-0.1, -0.05) is 12.1 Å². The van der Waals surface area contributed by atoms with Crippen LogP contribution in [0.2, 0.25) is 0 Å². The summed E-state index contributed by atoms with van der Waals surface area (Å²) in [6, 6.07) is 5.39.